The Labute approximate surface area is 142 Å². The normalized spacial score (nSPS) is 24.6. The quantitative estimate of drug-likeness (QED) is 0.740. The lowest BCUT2D eigenvalue weighted by molar-refractivity contribution is 0.363. The monoisotopic (exact) mass is 346 g/mol. The molecule has 1 saturated carbocycles. The van der Waals surface area contributed by atoms with E-state index in [1.807, 2.05) is 0 Å². The van der Waals surface area contributed by atoms with Crippen LogP contribution in [-0.4, -0.2) is 37.8 Å². The maximum absolute atomic E-state index is 12.4. The number of hydrogen-bond donors (Lipinski definition) is 1. The Morgan fingerprint density at radius 3 is 2.96 bits per heavy atom. The molecule has 0 bridgehead atoms. The number of rotatable bonds is 3. The molecular formula is C15H15ClN6O2. The Morgan fingerprint density at radius 2 is 2.12 bits per heavy atom. The summed E-state index contributed by atoms with van der Waals surface area (Å²) in [7, 11) is 0. The average molecular weight is 347 g/mol. The summed E-state index contributed by atoms with van der Waals surface area (Å²) < 4.78 is 6.79. The van der Waals surface area contributed by atoms with Crippen molar-refractivity contribution in [2.24, 2.45) is 11.8 Å². The number of halogens is 1. The van der Waals surface area contributed by atoms with Crippen molar-refractivity contribution in [3.8, 4) is 0 Å². The number of piperidine rings is 1. The summed E-state index contributed by atoms with van der Waals surface area (Å²) in [5, 5.41) is 7.92. The van der Waals surface area contributed by atoms with E-state index in [4.69, 9.17) is 4.52 Å². The zero-order valence-corrected chi connectivity index (χ0v) is 13.4. The van der Waals surface area contributed by atoms with E-state index in [9.17, 15) is 4.79 Å². The lowest BCUT2D eigenvalue weighted by atomic mass is 10.3. The molecule has 0 aromatic carbocycles. The molecule has 1 saturated heterocycles. The van der Waals surface area contributed by atoms with Gasteiger partial charge in [0.1, 0.15) is 12.9 Å². The molecule has 0 radical (unpaired) electrons. The first-order valence-corrected chi connectivity index (χ1v) is 7.64. The Bertz CT molecular complexity index is 944. The van der Waals surface area contributed by atoms with E-state index in [1.54, 1.807) is 18.3 Å². The summed E-state index contributed by atoms with van der Waals surface area (Å²) in [5.74, 6) is 2.88. The molecule has 3 aromatic rings. The molecule has 9 heteroatoms. The highest BCUT2D eigenvalue weighted by molar-refractivity contribution is 5.85. The average Bonchev–Trinajstić information content (AvgIpc) is 2.96. The van der Waals surface area contributed by atoms with Crippen LogP contribution < -0.4 is 10.9 Å². The van der Waals surface area contributed by atoms with E-state index >= 15 is 0 Å². The van der Waals surface area contributed by atoms with Gasteiger partial charge in [0.05, 0.1) is 5.39 Å². The van der Waals surface area contributed by atoms with Crippen molar-refractivity contribution in [3.63, 3.8) is 0 Å². The van der Waals surface area contributed by atoms with Gasteiger partial charge < -0.3 is 9.84 Å². The second-order valence-corrected chi connectivity index (χ2v) is 6.11. The molecule has 1 aliphatic carbocycles. The minimum absolute atomic E-state index is 0. The molecule has 4 heterocycles. The summed E-state index contributed by atoms with van der Waals surface area (Å²) in [4.78, 5) is 25.2. The summed E-state index contributed by atoms with van der Waals surface area (Å²) >= 11 is 0. The Balaban J connectivity index is 0.00000146. The van der Waals surface area contributed by atoms with Crippen LogP contribution in [0.3, 0.4) is 0 Å². The predicted molar refractivity (Wildman–Crippen MR) is 87.0 cm³/mol. The summed E-state index contributed by atoms with van der Waals surface area (Å²) in [6, 6.07) is 3.44. The van der Waals surface area contributed by atoms with Gasteiger partial charge in [0.25, 0.3) is 5.56 Å². The molecule has 3 aromatic heterocycles. The third-order valence-corrected chi connectivity index (χ3v) is 4.78. The third kappa shape index (κ3) is 2.30. The molecule has 1 aliphatic heterocycles. The number of nitrogens with one attached hydrogen (secondary N) is 1. The highest BCUT2D eigenvalue weighted by Crippen LogP contribution is 2.54. The van der Waals surface area contributed by atoms with Crippen LogP contribution in [0.1, 0.15) is 17.6 Å². The van der Waals surface area contributed by atoms with Crippen LogP contribution in [0, 0.1) is 11.8 Å². The fourth-order valence-electron chi connectivity index (χ4n) is 3.53. The zero-order valence-electron chi connectivity index (χ0n) is 12.6. The molecule has 2 fully saturated rings. The first-order chi connectivity index (χ1) is 11.3. The van der Waals surface area contributed by atoms with Gasteiger partial charge in [-0.2, -0.15) is 4.98 Å². The summed E-state index contributed by atoms with van der Waals surface area (Å²) in [6.07, 6.45) is 3.09. The smallest absolute Gasteiger partial charge is 0.263 e. The molecule has 24 heavy (non-hydrogen) atoms. The first-order valence-electron chi connectivity index (χ1n) is 7.64. The molecule has 0 unspecified atom stereocenters. The van der Waals surface area contributed by atoms with Crippen LogP contribution in [0.15, 0.2) is 34.0 Å². The molecule has 5 rings (SSSR count). The van der Waals surface area contributed by atoms with Gasteiger partial charge in [0.2, 0.25) is 5.89 Å². The highest BCUT2D eigenvalue weighted by atomic mass is 35.5. The fraction of sp³-hybridized carbons (Fsp3) is 0.400. The van der Waals surface area contributed by atoms with Crippen LogP contribution in [0.25, 0.3) is 11.0 Å². The molecule has 8 nitrogen and oxygen atoms in total. The van der Waals surface area contributed by atoms with Crippen LogP contribution in [0.2, 0.25) is 0 Å². The van der Waals surface area contributed by atoms with E-state index < -0.39 is 0 Å². The second-order valence-electron chi connectivity index (χ2n) is 6.11. The molecule has 3 atom stereocenters. The zero-order chi connectivity index (χ0) is 15.4. The van der Waals surface area contributed by atoms with Crippen molar-refractivity contribution < 1.29 is 4.52 Å². The second kappa shape index (κ2) is 5.64. The molecule has 0 spiro atoms. The van der Waals surface area contributed by atoms with Crippen molar-refractivity contribution in [3.05, 3.63) is 46.7 Å². The number of pyridine rings is 1. The van der Waals surface area contributed by atoms with Gasteiger partial charge in [-0.1, -0.05) is 5.16 Å². The summed E-state index contributed by atoms with van der Waals surface area (Å²) in [5.41, 5.74) is 0.286. The SMILES string of the molecule is Cl.O=c1c2cccnc2ncn1Cc1nc([C@@H]2[C@@H]3CNC[C@@H]32)no1. The van der Waals surface area contributed by atoms with E-state index in [2.05, 4.69) is 25.4 Å². The van der Waals surface area contributed by atoms with Crippen LogP contribution in [-0.2, 0) is 6.54 Å². The minimum Gasteiger partial charge on any atom is -0.337 e. The van der Waals surface area contributed by atoms with E-state index in [1.165, 1.54) is 10.9 Å². The van der Waals surface area contributed by atoms with Crippen molar-refractivity contribution in [2.75, 3.05) is 13.1 Å². The number of fused-ring (bicyclic) bond motifs is 2. The lowest BCUT2D eigenvalue weighted by Gasteiger charge is -2.02. The Hall–Kier alpha value is -2.32. The maximum Gasteiger partial charge on any atom is 0.263 e. The van der Waals surface area contributed by atoms with Gasteiger partial charge in [0.15, 0.2) is 11.5 Å². The molecule has 1 N–H and O–H groups in total. The maximum atomic E-state index is 12.4. The number of aromatic nitrogens is 5. The van der Waals surface area contributed by atoms with Crippen molar-refractivity contribution in [2.45, 2.75) is 12.5 Å². The van der Waals surface area contributed by atoms with Gasteiger partial charge >= 0.3 is 0 Å². The molecule has 124 valence electrons. The van der Waals surface area contributed by atoms with E-state index in [0.717, 1.165) is 18.9 Å². The topological polar surface area (TPSA) is 98.7 Å². The van der Waals surface area contributed by atoms with Gasteiger partial charge in [-0.05, 0) is 37.1 Å². The molecule has 2 aliphatic rings. The van der Waals surface area contributed by atoms with Crippen LogP contribution in [0.5, 0.6) is 0 Å². The van der Waals surface area contributed by atoms with Gasteiger partial charge in [-0.25, -0.2) is 9.97 Å². The lowest BCUT2D eigenvalue weighted by Crippen LogP contribution is -2.21. The third-order valence-electron chi connectivity index (χ3n) is 4.78. The minimum atomic E-state index is -0.157. The largest absolute Gasteiger partial charge is 0.337 e. The van der Waals surface area contributed by atoms with Crippen molar-refractivity contribution in [1.29, 1.82) is 0 Å². The number of hydrogen-bond acceptors (Lipinski definition) is 7. The molecule has 0 amide bonds. The van der Waals surface area contributed by atoms with Gasteiger partial charge in [-0.3, -0.25) is 9.36 Å². The van der Waals surface area contributed by atoms with E-state index in [-0.39, 0.29) is 24.5 Å². The van der Waals surface area contributed by atoms with Gasteiger partial charge in [0, 0.05) is 12.1 Å². The highest BCUT2D eigenvalue weighted by Gasteiger charge is 2.55. The Morgan fingerprint density at radius 1 is 1.29 bits per heavy atom. The fourth-order valence-corrected chi connectivity index (χ4v) is 3.53. The Kier molecular flexibility index (Phi) is 3.58. The van der Waals surface area contributed by atoms with E-state index in [0.29, 0.717) is 34.7 Å². The standard InChI is InChI=1S/C15H14N6O2.ClH/c22-15-8-2-1-3-17-13(8)18-7-21(15)6-11-19-14(20-23-11)12-9-4-16-5-10(9)12;/h1-3,7,9-10,12,16H,4-6H2;1H/t9-,10+,12-;. The predicted octanol–water partition coefficient (Wildman–Crippen LogP) is 0.577. The molecular weight excluding hydrogens is 332 g/mol. The van der Waals surface area contributed by atoms with Gasteiger partial charge in [-0.15, -0.1) is 12.4 Å². The van der Waals surface area contributed by atoms with Crippen LogP contribution >= 0.6 is 12.4 Å². The van der Waals surface area contributed by atoms with Crippen LogP contribution in [0.4, 0.5) is 0 Å². The summed E-state index contributed by atoms with van der Waals surface area (Å²) in [6.45, 7) is 2.28. The van der Waals surface area contributed by atoms with Crippen molar-refractivity contribution in [1.82, 2.24) is 30.0 Å². The first kappa shape index (κ1) is 15.2. The number of nitrogens with zero attached hydrogens (tertiary/aromatic N) is 5. The van der Waals surface area contributed by atoms with Crippen molar-refractivity contribution >= 4 is 23.4 Å².